The van der Waals surface area contributed by atoms with Gasteiger partial charge < -0.3 is 9.64 Å². The summed E-state index contributed by atoms with van der Waals surface area (Å²) in [5.74, 6) is 0.418. The van der Waals surface area contributed by atoms with E-state index in [1.807, 2.05) is 39.4 Å². The molecule has 1 heterocycles. The van der Waals surface area contributed by atoms with Crippen molar-refractivity contribution in [3.05, 3.63) is 45.8 Å². The minimum Gasteiger partial charge on any atom is -0.462 e. The van der Waals surface area contributed by atoms with Crippen LogP contribution in [0.25, 0.3) is 0 Å². The molecule has 1 aromatic carbocycles. The van der Waals surface area contributed by atoms with Crippen LogP contribution in [0.2, 0.25) is 0 Å². The van der Waals surface area contributed by atoms with Crippen molar-refractivity contribution in [2.24, 2.45) is 10.9 Å². The number of fused-ring (bicyclic) bond motifs is 1. The van der Waals surface area contributed by atoms with E-state index in [1.165, 1.54) is 4.88 Å². The van der Waals surface area contributed by atoms with E-state index in [0.29, 0.717) is 18.1 Å². The smallest absolute Gasteiger partial charge is 0.341 e. The Morgan fingerprint density at radius 3 is 2.73 bits per heavy atom. The zero-order valence-electron chi connectivity index (χ0n) is 15.9. The second-order valence-electron chi connectivity index (χ2n) is 7.00. The number of hydrogen-bond donors (Lipinski definition) is 0. The number of carbonyl (C=O) groups excluding carboxylic acids is 1. The number of nitrogens with zero attached hydrogens (tertiary/aromatic N) is 2. The fraction of sp³-hybridized carbons (Fsp3) is 0.429. The van der Waals surface area contributed by atoms with E-state index >= 15 is 0 Å². The Bertz CT molecular complexity index is 806. The molecule has 26 heavy (non-hydrogen) atoms. The molecule has 2 aromatic rings. The van der Waals surface area contributed by atoms with Gasteiger partial charge in [-0.25, -0.2) is 9.79 Å². The largest absolute Gasteiger partial charge is 0.462 e. The van der Waals surface area contributed by atoms with Crippen molar-refractivity contribution in [3.63, 3.8) is 0 Å². The van der Waals surface area contributed by atoms with Crippen LogP contribution < -0.4 is 4.90 Å². The maximum atomic E-state index is 12.5. The predicted octanol–water partition coefficient (Wildman–Crippen LogP) is 4.87. The highest BCUT2D eigenvalue weighted by molar-refractivity contribution is 7.16. The van der Waals surface area contributed by atoms with E-state index < -0.39 is 0 Å². The molecule has 0 aliphatic heterocycles. The quantitative estimate of drug-likeness (QED) is 0.557. The highest BCUT2D eigenvalue weighted by Gasteiger charge is 2.28. The highest BCUT2D eigenvalue weighted by Crippen LogP contribution is 2.41. The Labute approximate surface area is 159 Å². The molecular formula is C21H26N2O2S. The van der Waals surface area contributed by atoms with E-state index in [-0.39, 0.29) is 5.97 Å². The van der Waals surface area contributed by atoms with Crippen LogP contribution in [0.5, 0.6) is 0 Å². The molecule has 1 aliphatic rings. The van der Waals surface area contributed by atoms with E-state index in [2.05, 4.69) is 28.9 Å². The number of rotatable bonds is 5. The second-order valence-corrected chi connectivity index (χ2v) is 8.08. The highest BCUT2D eigenvalue weighted by atomic mass is 32.1. The van der Waals surface area contributed by atoms with Crippen molar-refractivity contribution >= 4 is 34.2 Å². The summed E-state index contributed by atoms with van der Waals surface area (Å²) in [6.45, 7) is 4.49. The summed E-state index contributed by atoms with van der Waals surface area (Å²) >= 11 is 1.64. The number of esters is 1. The first-order valence-corrected chi connectivity index (χ1v) is 9.94. The van der Waals surface area contributed by atoms with Gasteiger partial charge in [0.25, 0.3) is 0 Å². The number of thiophene rings is 1. The van der Waals surface area contributed by atoms with Crippen molar-refractivity contribution in [2.45, 2.75) is 33.1 Å². The number of ether oxygens (including phenoxy) is 1. The van der Waals surface area contributed by atoms with Crippen LogP contribution in [0.15, 0.2) is 29.3 Å². The van der Waals surface area contributed by atoms with Crippen LogP contribution >= 0.6 is 11.3 Å². The molecule has 138 valence electrons. The summed E-state index contributed by atoms with van der Waals surface area (Å²) in [6.07, 6.45) is 4.92. The van der Waals surface area contributed by atoms with Gasteiger partial charge in [0.2, 0.25) is 0 Å². The molecule has 3 rings (SSSR count). The average Bonchev–Trinajstić information content (AvgIpc) is 2.98. The van der Waals surface area contributed by atoms with Crippen LogP contribution in [0.3, 0.4) is 0 Å². The number of aliphatic imine (C=N–C) groups is 1. The molecule has 1 aromatic heterocycles. The molecule has 0 amide bonds. The maximum Gasteiger partial charge on any atom is 0.341 e. The van der Waals surface area contributed by atoms with Crippen molar-refractivity contribution in [3.8, 4) is 0 Å². The molecule has 0 saturated heterocycles. The second kappa shape index (κ2) is 8.04. The fourth-order valence-corrected chi connectivity index (χ4v) is 4.58. The third kappa shape index (κ3) is 3.98. The molecule has 0 fully saturated rings. The third-order valence-corrected chi connectivity index (χ3v) is 5.88. The van der Waals surface area contributed by atoms with Crippen LogP contribution in [-0.2, 0) is 17.6 Å². The standard InChI is InChI=1S/C21H26N2O2S/c1-5-25-21(24)19-17-11-6-14(2)12-18(17)26-20(19)22-13-15-7-9-16(10-8-15)23(3)4/h7-10,13-14H,5-6,11-12H2,1-4H3/t14-/m0/s1. The fourth-order valence-electron chi connectivity index (χ4n) is 3.23. The Hall–Kier alpha value is -2.14. The third-order valence-electron chi connectivity index (χ3n) is 4.71. The molecule has 5 heteroatoms. The van der Waals surface area contributed by atoms with E-state index in [9.17, 15) is 4.79 Å². The van der Waals surface area contributed by atoms with Crippen LogP contribution in [0, 0.1) is 5.92 Å². The molecule has 0 bridgehead atoms. The Balaban J connectivity index is 1.92. The monoisotopic (exact) mass is 370 g/mol. The molecule has 0 N–H and O–H groups in total. The number of carbonyl (C=O) groups is 1. The molecule has 1 aliphatic carbocycles. The molecule has 0 unspecified atom stereocenters. The Morgan fingerprint density at radius 1 is 1.35 bits per heavy atom. The van der Waals surface area contributed by atoms with Crippen molar-refractivity contribution in [2.75, 3.05) is 25.6 Å². The zero-order valence-corrected chi connectivity index (χ0v) is 16.7. The van der Waals surface area contributed by atoms with E-state index in [0.717, 1.165) is 41.1 Å². The SMILES string of the molecule is CCOC(=O)c1c(N=Cc2ccc(N(C)C)cc2)sc2c1CC[C@H](C)C2. The lowest BCUT2D eigenvalue weighted by Gasteiger charge is -2.18. The summed E-state index contributed by atoms with van der Waals surface area (Å²) in [4.78, 5) is 20.5. The van der Waals surface area contributed by atoms with Gasteiger partial charge >= 0.3 is 5.97 Å². The van der Waals surface area contributed by atoms with E-state index in [4.69, 9.17) is 4.74 Å². The van der Waals surface area contributed by atoms with Gasteiger partial charge in [0.15, 0.2) is 0 Å². The van der Waals surface area contributed by atoms with Gasteiger partial charge in [0.05, 0.1) is 12.2 Å². The van der Waals surface area contributed by atoms with Gasteiger partial charge in [-0.15, -0.1) is 11.3 Å². The molecule has 1 atom stereocenters. The number of benzene rings is 1. The van der Waals surface area contributed by atoms with Gasteiger partial charge in [-0.05, 0) is 55.4 Å². The first kappa shape index (κ1) is 18.6. The first-order chi connectivity index (χ1) is 12.5. The van der Waals surface area contributed by atoms with Gasteiger partial charge in [0, 0.05) is 30.9 Å². The van der Waals surface area contributed by atoms with Crippen LogP contribution in [0.4, 0.5) is 10.7 Å². The Kier molecular flexibility index (Phi) is 5.77. The van der Waals surface area contributed by atoms with Crippen molar-refractivity contribution < 1.29 is 9.53 Å². The summed E-state index contributed by atoms with van der Waals surface area (Å²) in [7, 11) is 4.04. The minimum atomic E-state index is -0.241. The lowest BCUT2D eigenvalue weighted by atomic mass is 9.88. The van der Waals surface area contributed by atoms with Gasteiger partial charge in [-0.1, -0.05) is 19.1 Å². The topological polar surface area (TPSA) is 41.9 Å². The van der Waals surface area contributed by atoms with Crippen molar-refractivity contribution in [1.29, 1.82) is 0 Å². The number of anilines is 1. The minimum absolute atomic E-state index is 0.241. The zero-order chi connectivity index (χ0) is 18.7. The first-order valence-electron chi connectivity index (χ1n) is 9.12. The normalized spacial score (nSPS) is 16.5. The molecular weight excluding hydrogens is 344 g/mol. The summed E-state index contributed by atoms with van der Waals surface area (Å²) in [5.41, 5.74) is 4.00. The molecule has 0 saturated carbocycles. The summed E-state index contributed by atoms with van der Waals surface area (Å²) in [5, 5.41) is 0.777. The summed E-state index contributed by atoms with van der Waals surface area (Å²) < 4.78 is 5.30. The van der Waals surface area contributed by atoms with E-state index in [1.54, 1.807) is 11.3 Å². The van der Waals surface area contributed by atoms with Gasteiger partial charge in [0.1, 0.15) is 5.00 Å². The summed E-state index contributed by atoms with van der Waals surface area (Å²) in [6, 6.07) is 8.21. The molecule has 0 radical (unpaired) electrons. The maximum absolute atomic E-state index is 12.5. The molecule has 4 nitrogen and oxygen atoms in total. The van der Waals surface area contributed by atoms with Crippen LogP contribution in [-0.4, -0.2) is 32.9 Å². The lowest BCUT2D eigenvalue weighted by molar-refractivity contribution is 0.0526. The van der Waals surface area contributed by atoms with Gasteiger partial charge in [-0.3, -0.25) is 0 Å². The molecule has 0 spiro atoms. The number of hydrogen-bond acceptors (Lipinski definition) is 5. The van der Waals surface area contributed by atoms with Crippen molar-refractivity contribution in [1.82, 2.24) is 0 Å². The Morgan fingerprint density at radius 2 is 2.08 bits per heavy atom. The lowest BCUT2D eigenvalue weighted by Crippen LogP contribution is -2.13. The predicted molar refractivity (Wildman–Crippen MR) is 109 cm³/mol. The van der Waals surface area contributed by atoms with Crippen LogP contribution in [0.1, 0.15) is 46.6 Å². The van der Waals surface area contributed by atoms with Gasteiger partial charge in [-0.2, -0.15) is 0 Å². The average molecular weight is 371 g/mol.